The first kappa shape index (κ1) is 16.4. The Morgan fingerprint density at radius 3 is 2.58 bits per heavy atom. The molecule has 2 atom stereocenters. The van der Waals surface area contributed by atoms with Crippen molar-refractivity contribution in [3.8, 4) is 0 Å². The highest BCUT2D eigenvalue weighted by Crippen LogP contribution is 2.32. The molecule has 0 radical (unpaired) electrons. The standard InChI is InChI=1S/C12H23NO5S/c1-9(2)18-8-7-13(3)19(16,17)11-6-4-5-10(11)12(14)15/h9-11H,4-8H2,1-3H3,(H,14,15). The molecule has 0 heterocycles. The van der Waals surface area contributed by atoms with Gasteiger partial charge in [0, 0.05) is 13.6 Å². The van der Waals surface area contributed by atoms with Crippen molar-refractivity contribution in [3.63, 3.8) is 0 Å². The van der Waals surface area contributed by atoms with Crippen LogP contribution in [0.3, 0.4) is 0 Å². The van der Waals surface area contributed by atoms with Gasteiger partial charge in [-0.05, 0) is 26.7 Å². The van der Waals surface area contributed by atoms with Crippen LogP contribution in [0, 0.1) is 5.92 Å². The molecular formula is C12H23NO5S. The van der Waals surface area contributed by atoms with Gasteiger partial charge in [-0.25, -0.2) is 12.7 Å². The number of aliphatic carboxylic acids is 1. The summed E-state index contributed by atoms with van der Waals surface area (Å²) in [5, 5.41) is 8.27. The Labute approximate surface area is 114 Å². The summed E-state index contributed by atoms with van der Waals surface area (Å²) >= 11 is 0. The van der Waals surface area contributed by atoms with E-state index in [2.05, 4.69) is 0 Å². The molecule has 0 spiro atoms. The summed E-state index contributed by atoms with van der Waals surface area (Å²) in [7, 11) is -2.08. The maximum atomic E-state index is 12.3. The number of carbonyl (C=O) groups is 1. The van der Waals surface area contributed by atoms with Gasteiger partial charge >= 0.3 is 5.97 Å². The highest BCUT2D eigenvalue weighted by atomic mass is 32.2. The zero-order chi connectivity index (χ0) is 14.6. The maximum absolute atomic E-state index is 12.3. The first-order valence-corrected chi connectivity index (χ1v) is 8.06. The minimum absolute atomic E-state index is 0.0503. The van der Waals surface area contributed by atoms with Crippen LogP contribution in [-0.4, -0.2) is 55.4 Å². The minimum atomic E-state index is -3.56. The number of hydrogen-bond donors (Lipinski definition) is 1. The van der Waals surface area contributed by atoms with Crippen LogP contribution >= 0.6 is 0 Å². The van der Waals surface area contributed by atoms with E-state index < -0.39 is 27.2 Å². The fraction of sp³-hybridized carbons (Fsp3) is 0.917. The fourth-order valence-electron chi connectivity index (χ4n) is 2.34. The molecule has 1 aliphatic rings. The first-order chi connectivity index (χ1) is 8.76. The largest absolute Gasteiger partial charge is 0.481 e. The number of rotatable bonds is 7. The lowest BCUT2D eigenvalue weighted by atomic mass is 10.1. The third-order valence-corrected chi connectivity index (χ3v) is 5.82. The lowest BCUT2D eigenvalue weighted by molar-refractivity contribution is -0.141. The van der Waals surface area contributed by atoms with Crippen LogP contribution in [0.1, 0.15) is 33.1 Å². The van der Waals surface area contributed by atoms with Crippen molar-refractivity contribution in [1.82, 2.24) is 4.31 Å². The van der Waals surface area contributed by atoms with E-state index in [1.54, 1.807) is 0 Å². The van der Waals surface area contributed by atoms with E-state index in [0.717, 1.165) is 0 Å². The molecule has 0 aromatic rings. The van der Waals surface area contributed by atoms with E-state index in [1.807, 2.05) is 13.8 Å². The molecule has 1 rings (SSSR count). The Hall–Kier alpha value is -0.660. The van der Waals surface area contributed by atoms with Gasteiger partial charge in [-0.3, -0.25) is 4.79 Å². The van der Waals surface area contributed by atoms with E-state index in [0.29, 0.717) is 25.9 Å². The van der Waals surface area contributed by atoms with E-state index in [-0.39, 0.29) is 12.6 Å². The minimum Gasteiger partial charge on any atom is -0.481 e. The average Bonchev–Trinajstić information content (AvgIpc) is 2.77. The third kappa shape index (κ3) is 4.15. The lowest BCUT2D eigenvalue weighted by Crippen LogP contribution is -2.41. The number of hydrogen-bond acceptors (Lipinski definition) is 4. The van der Waals surface area contributed by atoms with Crippen molar-refractivity contribution in [2.24, 2.45) is 5.92 Å². The predicted octanol–water partition coefficient (Wildman–Crippen LogP) is 0.926. The monoisotopic (exact) mass is 293 g/mol. The molecule has 1 N–H and O–H groups in total. The Morgan fingerprint density at radius 1 is 1.42 bits per heavy atom. The van der Waals surface area contributed by atoms with Crippen molar-refractivity contribution < 1.29 is 23.1 Å². The molecule has 112 valence electrons. The van der Waals surface area contributed by atoms with Crippen LogP contribution in [0.5, 0.6) is 0 Å². The van der Waals surface area contributed by atoms with E-state index in [4.69, 9.17) is 9.84 Å². The number of sulfonamides is 1. The zero-order valence-corrected chi connectivity index (χ0v) is 12.5. The number of nitrogens with zero attached hydrogens (tertiary/aromatic N) is 1. The van der Waals surface area contributed by atoms with Gasteiger partial charge in [-0.15, -0.1) is 0 Å². The van der Waals surface area contributed by atoms with Crippen LogP contribution in [0.15, 0.2) is 0 Å². The van der Waals surface area contributed by atoms with Crippen molar-refractivity contribution in [1.29, 1.82) is 0 Å². The molecule has 1 fully saturated rings. The van der Waals surface area contributed by atoms with Gasteiger partial charge in [0.15, 0.2) is 0 Å². The maximum Gasteiger partial charge on any atom is 0.307 e. The molecule has 0 amide bonds. The SMILES string of the molecule is CC(C)OCCN(C)S(=O)(=O)C1CCCC1C(=O)O. The summed E-state index contributed by atoms with van der Waals surface area (Å²) in [6.45, 7) is 4.33. The average molecular weight is 293 g/mol. The third-order valence-electron chi connectivity index (χ3n) is 3.44. The van der Waals surface area contributed by atoms with Crippen molar-refractivity contribution in [2.45, 2.75) is 44.5 Å². The Morgan fingerprint density at radius 2 is 2.05 bits per heavy atom. The van der Waals surface area contributed by atoms with Crippen LogP contribution < -0.4 is 0 Å². The molecular weight excluding hydrogens is 270 g/mol. The van der Waals surface area contributed by atoms with Gasteiger partial charge in [-0.1, -0.05) is 6.42 Å². The van der Waals surface area contributed by atoms with Gasteiger partial charge in [-0.2, -0.15) is 0 Å². The number of likely N-dealkylation sites (N-methyl/N-ethyl adjacent to an activating group) is 1. The van der Waals surface area contributed by atoms with Crippen LogP contribution in [-0.2, 0) is 19.6 Å². The lowest BCUT2D eigenvalue weighted by Gasteiger charge is -2.24. The molecule has 1 aliphatic carbocycles. The summed E-state index contributed by atoms with van der Waals surface area (Å²) in [5.74, 6) is -1.80. The second kappa shape index (κ2) is 6.67. The van der Waals surface area contributed by atoms with E-state index in [1.165, 1.54) is 11.4 Å². The highest BCUT2D eigenvalue weighted by molar-refractivity contribution is 7.89. The van der Waals surface area contributed by atoms with Gasteiger partial charge in [0.2, 0.25) is 10.0 Å². The quantitative estimate of drug-likeness (QED) is 0.755. The van der Waals surface area contributed by atoms with Gasteiger partial charge < -0.3 is 9.84 Å². The highest BCUT2D eigenvalue weighted by Gasteiger charge is 2.43. The molecule has 19 heavy (non-hydrogen) atoms. The second-order valence-electron chi connectivity index (χ2n) is 5.20. The summed E-state index contributed by atoms with van der Waals surface area (Å²) in [6, 6.07) is 0. The Balaban J connectivity index is 2.66. The van der Waals surface area contributed by atoms with E-state index >= 15 is 0 Å². The normalized spacial score (nSPS) is 24.3. The van der Waals surface area contributed by atoms with Crippen LogP contribution in [0.2, 0.25) is 0 Å². The number of carboxylic acids is 1. The number of carboxylic acid groups (broad SMARTS) is 1. The summed E-state index contributed by atoms with van der Waals surface area (Å²) in [6.07, 6.45) is 1.57. The topological polar surface area (TPSA) is 83.9 Å². The Kier molecular flexibility index (Phi) is 5.76. The molecule has 7 heteroatoms. The predicted molar refractivity (Wildman–Crippen MR) is 71.4 cm³/mol. The van der Waals surface area contributed by atoms with Gasteiger partial charge in [0.1, 0.15) is 0 Å². The summed E-state index contributed by atoms with van der Waals surface area (Å²) < 4.78 is 31.2. The molecule has 0 aromatic carbocycles. The second-order valence-corrected chi connectivity index (χ2v) is 7.46. The van der Waals surface area contributed by atoms with Gasteiger partial charge in [0.25, 0.3) is 0 Å². The van der Waals surface area contributed by atoms with Crippen LogP contribution in [0.25, 0.3) is 0 Å². The summed E-state index contributed by atoms with van der Waals surface area (Å²) in [5.41, 5.74) is 0. The molecule has 0 bridgehead atoms. The van der Waals surface area contributed by atoms with Gasteiger partial charge in [0.05, 0.1) is 23.9 Å². The van der Waals surface area contributed by atoms with Crippen LogP contribution in [0.4, 0.5) is 0 Å². The number of ether oxygens (including phenoxy) is 1. The van der Waals surface area contributed by atoms with Crippen molar-refractivity contribution in [3.05, 3.63) is 0 Å². The Bertz CT molecular complexity index is 406. The molecule has 0 aliphatic heterocycles. The first-order valence-electron chi connectivity index (χ1n) is 6.56. The molecule has 1 saturated carbocycles. The van der Waals surface area contributed by atoms with Crippen molar-refractivity contribution >= 4 is 16.0 Å². The molecule has 6 nitrogen and oxygen atoms in total. The molecule has 2 unspecified atom stereocenters. The van der Waals surface area contributed by atoms with E-state index in [9.17, 15) is 13.2 Å². The molecule has 0 aromatic heterocycles. The molecule has 0 saturated heterocycles. The smallest absolute Gasteiger partial charge is 0.307 e. The van der Waals surface area contributed by atoms with Crippen molar-refractivity contribution in [2.75, 3.05) is 20.2 Å². The summed E-state index contributed by atoms with van der Waals surface area (Å²) in [4.78, 5) is 11.1. The fourth-order valence-corrected chi connectivity index (χ4v) is 4.26. The zero-order valence-electron chi connectivity index (χ0n) is 11.7.